The molecule has 15 heteroatoms. The van der Waals surface area contributed by atoms with E-state index < -0.39 is 34.6 Å². The lowest BCUT2D eigenvalue weighted by molar-refractivity contribution is -0.138. The van der Waals surface area contributed by atoms with Crippen LogP contribution in [0.5, 0.6) is 5.75 Å². The van der Waals surface area contributed by atoms with Gasteiger partial charge >= 0.3 is 18.2 Å². The predicted octanol–water partition coefficient (Wildman–Crippen LogP) is 4.81. The van der Waals surface area contributed by atoms with Gasteiger partial charge in [0.05, 0.1) is 22.8 Å². The fourth-order valence-electron chi connectivity index (χ4n) is 6.15. The molecule has 1 aromatic heterocycles. The molecule has 0 saturated carbocycles. The number of piperidine rings is 2. The van der Waals surface area contributed by atoms with Gasteiger partial charge in [-0.3, -0.25) is 4.79 Å². The van der Waals surface area contributed by atoms with E-state index in [2.05, 4.69) is 15.5 Å². The fourth-order valence-corrected chi connectivity index (χ4v) is 7.22. The van der Waals surface area contributed by atoms with Crippen molar-refractivity contribution in [2.75, 3.05) is 45.6 Å². The summed E-state index contributed by atoms with van der Waals surface area (Å²) >= 11 is 7.52. The molecule has 0 aliphatic carbocycles. The van der Waals surface area contributed by atoms with E-state index in [-0.39, 0.29) is 30.0 Å². The first-order valence-electron chi connectivity index (χ1n) is 14.5. The number of fused-ring (bicyclic) bond motifs is 1. The van der Waals surface area contributed by atoms with E-state index in [1.807, 2.05) is 25.5 Å². The van der Waals surface area contributed by atoms with Crippen molar-refractivity contribution in [1.29, 1.82) is 0 Å². The van der Waals surface area contributed by atoms with Gasteiger partial charge in [0.25, 0.3) is 0 Å². The molecule has 0 bridgehead atoms. The zero-order chi connectivity index (χ0) is 31.8. The average Bonchev–Trinajstić information content (AvgIpc) is 3.44. The first-order valence-corrected chi connectivity index (χ1v) is 15.8. The van der Waals surface area contributed by atoms with E-state index in [0.29, 0.717) is 51.6 Å². The number of benzene rings is 1. The lowest BCUT2D eigenvalue weighted by atomic mass is 9.99. The second kappa shape index (κ2) is 13.0. The van der Waals surface area contributed by atoms with Crippen molar-refractivity contribution in [2.24, 2.45) is 0 Å². The quantitative estimate of drug-likeness (QED) is 0.414. The summed E-state index contributed by atoms with van der Waals surface area (Å²) in [7, 11) is 3.94. The number of nitrogens with zero attached hydrogens (tertiary/aromatic N) is 4. The molecule has 2 aromatic rings. The van der Waals surface area contributed by atoms with Crippen LogP contribution in [0.2, 0.25) is 5.02 Å². The van der Waals surface area contributed by atoms with Gasteiger partial charge < -0.3 is 35.3 Å². The maximum absolute atomic E-state index is 13.7. The largest absolute Gasteiger partial charge is 0.506 e. The Labute approximate surface area is 262 Å². The number of likely N-dealkylation sites (tertiary alicyclic amines) is 2. The number of carbonyl (C=O) groups excluding carboxylic acids is 3. The SMILES string of the molecule is CN(C)C1CCN(C(=O)[C@@H](Cc2cc(Cl)c(O)c(C(F)(F)F)c2)NC(=O)N2CCC(N3Cc4sccc4NC3=O)CC2)CC1. The van der Waals surface area contributed by atoms with Gasteiger partial charge in [0, 0.05) is 49.6 Å². The number of anilines is 1. The summed E-state index contributed by atoms with van der Waals surface area (Å²) in [5.74, 6) is -1.47. The molecule has 5 rings (SSSR count). The number of phenols is 1. The molecule has 3 aliphatic rings. The summed E-state index contributed by atoms with van der Waals surface area (Å²) in [5.41, 5.74) is -0.417. The minimum atomic E-state index is -4.86. The topological polar surface area (TPSA) is 108 Å². The molecule has 0 spiro atoms. The van der Waals surface area contributed by atoms with Crippen molar-refractivity contribution in [3.63, 3.8) is 0 Å². The Morgan fingerprint density at radius 3 is 2.43 bits per heavy atom. The van der Waals surface area contributed by atoms with Crippen LogP contribution in [0.1, 0.15) is 41.7 Å². The van der Waals surface area contributed by atoms with Crippen LogP contribution >= 0.6 is 22.9 Å². The fraction of sp³-hybridized carbons (Fsp3) is 0.552. The summed E-state index contributed by atoms with van der Waals surface area (Å²) in [4.78, 5) is 48.0. The first-order chi connectivity index (χ1) is 20.8. The molecule has 3 aliphatic heterocycles. The van der Waals surface area contributed by atoms with Crippen molar-refractivity contribution in [3.8, 4) is 5.75 Å². The third kappa shape index (κ3) is 7.02. The zero-order valence-corrected chi connectivity index (χ0v) is 26.1. The molecule has 5 amide bonds. The molecular weight excluding hydrogens is 621 g/mol. The Bertz CT molecular complexity index is 1390. The van der Waals surface area contributed by atoms with Gasteiger partial charge in [0.15, 0.2) is 0 Å². The van der Waals surface area contributed by atoms with Crippen molar-refractivity contribution >= 4 is 46.6 Å². The maximum atomic E-state index is 13.7. The molecule has 2 saturated heterocycles. The molecule has 1 atom stereocenters. The van der Waals surface area contributed by atoms with Crippen LogP contribution in [-0.2, 0) is 23.9 Å². The number of rotatable bonds is 6. The van der Waals surface area contributed by atoms with Crippen LogP contribution in [-0.4, -0.2) is 101 Å². The number of halogens is 4. The Hall–Kier alpha value is -3.23. The molecule has 3 N–H and O–H groups in total. The van der Waals surface area contributed by atoms with Gasteiger partial charge in [-0.25, -0.2) is 9.59 Å². The first kappa shape index (κ1) is 32.2. The minimum Gasteiger partial charge on any atom is -0.506 e. The average molecular weight is 657 g/mol. The number of amides is 5. The summed E-state index contributed by atoms with van der Waals surface area (Å²) in [5, 5.41) is 17.1. The highest BCUT2D eigenvalue weighted by Gasteiger charge is 2.38. The molecular formula is C29H36ClF3N6O4S. The standard InChI is InChI=1S/C29H36ClF3N6O4S/c1-36(2)18-3-8-37(9-4-18)26(41)23(15-17-13-20(29(31,32)33)25(40)21(30)14-17)35-27(42)38-10-5-19(6-11-38)39-16-24-22(7-12-44-24)34-28(39)43/h7,12-14,18-19,23,40H,3-6,8-11,15-16H2,1-2H3,(H,34,43)(H,35,42)/t23-/m1/s1. The second-order valence-corrected chi connectivity index (χ2v) is 13.1. The Morgan fingerprint density at radius 2 is 1.80 bits per heavy atom. The number of alkyl halides is 3. The van der Waals surface area contributed by atoms with E-state index in [1.54, 1.807) is 26.0 Å². The van der Waals surface area contributed by atoms with E-state index >= 15 is 0 Å². The highest BCUT2D eigenvalue weighted by Crippen LogP contribution is 2.40. The maximum Gasteiger partial charge on any atom is 0.420 e. The van der Waals surface area contributed by atoms with E-state index in [9.17, 15) is 32.7 Å². The molecule has 0 radical (unpaired) electrons. The Morgan fingerprint density at radius 1 is 1.14 bits per heavy atom. The van der Waals surface area contributed by atoms with Crippen molar-refractivity contribution in [2.45, 2.75) is 63.0 Å². The third-order valence-electron chi connectivity index (χ3n) is 8.72. The van der Waals surface area contributed by atoms with Crippen LogP contribution < -0.4 is 10.6 Å². The third-order valence-corrected chi connectivity index (χ3v) is 9.92. The van der Waals surface area contributed by atoms with Crippen molar-refractivity contribution in [3.05, 3.63) is 44.6 Å². The van der Waals surface area contributed by atoms with Crippen LogP contribution in [0.25, 0.3) is 0 Å². The van der Waals surface area contributed by atoms with Gasteiger partial charge in [-0.2, -0.15) is 13.2 Å². The summed E-state index contributed by atoms with van der Waals surface area (Å²) in [6.07, 6.45) is -2.56. The number of hydrogen-bond donors (Lipinski definition) is 3. The lowest BCUT2D eigenvalue weighted by Crippen LogP contribution is -2.57. The van der Waals surface area contributed by atoms with E-state index in [4.69, 9.17) is 11.6 Å². The summed E-state index contributed by atoms with van der Waals surface area (Å²) in [6, 6.07) is 2.23. The van der Waals surface area contributed by atoms with Gasteiger partial charge in [0.2, 0.25) is 5.91 Å². The van der Waals surface area contributed by atoms with Crippen LogP contribution in [0, 0.1) is 0 Å². The summed E-state index contributed by atoms with van der Waals surface area (Å²) in [6.45, 7) is 2.10. The van der Waals surface area contributed by atoms with Gasteiger partial charge in [-0.05, 0) is 68.9 Å². The van der Waals surface area contributed by atoms with E-state index in [0.717, 1.165) is 29.5 Å². The van der Waals surface area contributed by atoms with Crippen molar-refractivity contribution in [1.82, 2.24) is 24.9 Å². The molecule has 44 heavy (non-hydrogen) atoms. The number of hydrogen-bond acceptors (Lipinski definition) is 6. The predicted molar refractivity (Wildman–Crippen MR) is 161 cm³/mol. The normalized spacial score (nSPS) is 19.2. The zero-order valence-electron chi connectivity index (χ0n) is 24.5. The molecule has 240 valence electrons. The van der Waals surface area contributed by atoms with Gasteiger partial charge in [-0.15, -0.1) is 11.3 Å². The number of nitrogens with one attached hydrogen (secondary N) is 2. The highest BCUT2D eigenvalue weighted by atomic mass is 35.5. The number of aromatic hydroxyl groups is 1. The van der Waals surface area contributed by atoms with Crippen molar-refractivity contribution < 1.29 is 32.7 Å². The molecule has 1 aromatic carbocycles. The molecule has 10 nitrogen and oxygen atoms in total. The van der Waals surface area contributed by atoms with Crippen LogP contribution in [0.4, 0.5) is 28.4 Å². The molecule has 4 heterocycles. The number of urea groups is 2. The Kier molecular flexibility index (Phi) is 9.52. The molecule has 0 unspecified atom stereocenters. The minimum absolute atomic E-state index is 0.0599. The van der Waals surface area contributed by atoms with Gasteiger partial charge in [-0.1, -0.05) is 11.6 Å². The Balaban J connectivity index is 1.28. The van der Waals surface area contributed by atoms with E-state index in [1.165, 1.54) is 6.07 Å². The smallest absolute Gasteiger partial charge is 0.420 e. The second-order valence-electron chi connectivity index (χ2n) is 11.7. The number of carbonyl (C=O) groups is 3. The highest BCUT2D eigenvalue weighted by molar-refractivity contribution is 7.10. The number of phenolic OH excluding ortho intramolecular Hbond substituents is 1. The lowest BCUT2D eigenvalue weighted by Gasteiger charge is -2.40. The number of thiophene rings is 1. The van der Waals surface area contributed by atoms with Crippen LogP contribution in [0.3, 0.4) is 0 Å². The summed E-state index contributed by atoms with van der Waals surface area (Å²) < 4.78 is 40.8. The van der Waals surface area contributed by atoms with Crippen LogP contribution in [0.15, 0.2) is 23.6 Å². The van der Waals surface area contributed by atoms with Gasteiger partial charge in [0.1, 0.15) is 11.8 Å². The monoisotopic (exact) mass is 656 g/mol. The molecule has 2 fully saturated rings.